The van der Waals surface area contributed by atoms with E-state index < -0.39 is 8.07 Å². The Hall–Kier alpha value is -1.99. The Bertz CT molecular complexity index is 841. The van der Waals surface area contributed by atoms with Gasteiger partial charge in [-0.1, -0.05) is 33.0 Å². The number of nitrogens with zero attached hydrogens (tertiary/aromatic N) is 3. The first-order chi connectivity index (χ1) is 13.7. The van der Waals surface area contributed by atoms with Crippen molar-refractivity contribution in [3.63, 3.8) is 0 Å². The molecule has 0 aliphatic rings. The molecule has 0 aromatic carbocycles. The number of aryl methyl sites for hydroxylation is 3. The Labute approximate surface area is 175 Å². The number of carbonyl (C=O) groups excluding carboxylic acids is 1. The highest BCUT2D eigenvalue weighted by atomic mass is 28.3. The van der Waals surface area contributed by atoms with Gasteiger partial charge < -0.3 is 14.0 Å². The molecule has 0 fully saturated rings. The van der Waals surface area contributed by atoms with Crippen molar-refractivity contribution >= 4 is 14.0 Å². The first-order valence-electron chi connectivity index (χ1n) is 10.4. The van der Waals surface area contributed by atoms with E-state index in [0.29, 0.717) is 18.0 Å². The summed E-state index contributed by atoms with van der Waals surface area (Å²) in [5.41, 5.74) is 3.60. The molecule has 2 rings (SSSR count). The van der Waals surface area contributed by atoms with E-state index in [1.54, 1.807) is 6.20 Å². The molecule has 29 heavy (non-hydrogen) atoms. The third-order valence-corrected chi connectivity index (χ3v) is 6.59. The molecule has 160 valence electrons. The Morgan fingerprint density at radius 3 is 2.59 bits per heavy atom. The summed E-state index contributed by atoms with van der Waals surface area (Å²) in [6, 6.07) is 3.01. The summed E-state index contributed by atoms with van der Waals surface area (Å²) in [5, 5.41) is 0. The van der Waals surface area contributed by atoms with Crippen LogP contribution in [0, 0.1) is 13.8 Å². The van der Waals surface area contributed by atoms with Crippen molar-refractivity contribution in [3.8, 4) is 11.4 Å². The highest BCUT2D eigenvalue weighted by molar-refractivity contribution is 6.76. The van der Waals surface area contributed by atoms with Crippen LogP contribution in [0.5, 0.6) is 0 Å². The molecule has 2 aromatic rings. The number of methoxy groups -OCH3 is 1. The summed E-state index contributed by atoms with van der Waals surface area (Å²) in [5.74, 6) is 0.583. The molecule has 0 amide bonds. The lowest BCUT2D eigenvalue weighted by Crippen LogP contribution is -2.22. The molecule has 2 aromatic heterocycles. The van der Waals surface area contributed by atoms with E-state index in [2.05, 4.69) is 41.1 Å². The van der Waals surface area contributed by atoms with E-state index in [1.165, 1.54) is 7.11 Å². The highest BCUT2D eigenvalue weighted by Crippen LogP contribution is 2.27. The first kappa shape index (κ1) is 23.3. The lowest BCUT2D eigenvalue weighted by atomic mass is 10.0. The molecular weight excluding hydrogens is 382 g/mol. The number of ether oxygens (including phenoxy) is 2. The fraction of sp³-hybridized carbons (Fsp3) is 0.591. The Balaban J connectivity index is 2.44. The van der Waals surface area contributed by atoms with Gasteiger partial charge in [0.15, 0.2) is 0 Å². The quantitative estimate of drug-likeness (QED) is 0.309. The second kappa shape index (κ2) is 10.2. The normalized spacial score (nSPS) is 11.7. The molecule has 0 N–H and O–H groups in total. The van der Waals surface area contributed by atoms with Crippen LogP contribution in [0.25, 0.3) is 11.4 Å². The minimum absolute atomic E-state index is 0.382. The van der Waals surface area contributed by atoms with Gasteiger partial charge in [0.05, 0.1) is 24.6 Å². The van der Waals surface area contributed by atoms with E-state index in [4.69, 9.17) is 9.47 Å². The van der Waals surface area contributed by atoms with Gasteiger partial charge in [-0.25, -0.2) is 9.78 Å². The van der Waals surface area contributed by atoms with Crippen LogP contribution in [-0.4, -0.2) is 42.3 Å². The molecule has 2 heterocycles. The van der Waals surface area contributed by atoms with Gasteiger partial charge in [-0.05, 0) is 37.9 Å². The maximum Gasteiger partial charge on any atom is 0.340 e. The van der Waals surface area contributed by atoms with E-state index in [0.717, 1.165) is 54.7 Å². The Morgan fingerprint density at radius 2 is 1.97 bits per heavy atom. The maximum atomic E-state index is 12.5. The first-order valence-corrected chi connectivity index (χ1v) is 14.1. The monoisotopic (exact) mass is 417 g/mol. The van der Waals surface area contributed by atoms with E-state index in [-0.39, 0.29) is 5.97 Å². The van der Waals surface area contributed by atoms with Gasteiger partial charge in [-0.15, -0.1) is 0 Å². The zero-order chi connectivity index (χ0) is 21.6. The summed E-state index contributed by atoms with van der Waals surface area (Å²) >= 11 is 0. The molecular formula is C22H35N3O3Si. The fourth-order valence-electron chi connectivity index (χ4n) is 3.20. The van der Waals surface area contributed by atoms with Crippen molar-refractivity contribution < 1.29 is 14.3 Å². The van der Waals surface area contributed by atoms with Crippen molar-refractivity contribution in [3.05, 3.63) is 34.9 Å². The minimum Gasteiger partial charge on any atom is -0.465 e. The van der Waals surface area contributed by atoms with Crippen LogP contribution in [0.1, 0.15) is 47.2 Å². The van der Waals surface area contributed by atoms with Crippen LogP contribution in [-0.2, 0) is 22.6 Å². The SMILES string of the molecule is CCCCc1ncc(-c2nc(C)cc(C)c2C(=O)OC)n1COCC[Si](C)(C)C. The van der Waals surface area contributed by atoms with Gasteiger partial charge in [0, 0.05) is 26.8 Å². The molecule has 0 aliphatic heterocycles. The third kappa shape index (κ3) is 6.24. The zero-order valence-electron chi connectivity index (χ0n) is 19.0. The smallest absolute Gasteiger partial charge is 0.340 e. The predicted octanol–water partition coefficient (Wildman–Crippen LogP) is 5.00. The number of hydrogen-bond donors (Lipinski definition) is 0. The number of hydrogen-bond acceptors (Lipinski definition) is 5. The molecule has 7 heteroatoms. The number of aromatic nitrogens is 3. The molecule has 0 spiro atoms. The second-order valence-corrected chi connectivity index (χ2v) is 14.4. The predicted molar refractivity (Wildman–Crippen MR) is 119 cm³/mol. The molecule has 0 radical (unpaired) electrons. The van der Waals surface area contributed by atoms with Crippen LogP contribution in [0.4, 0.5) is 0 Å². The molecule has 0 saturated heterocycles. The van der Waals surface area contributed by atoms with Gasteiger partial charge >= 0.3 is 5.97 Å². The average Bonchev–Trinajstić information content (AvgIpc) is 3.04. The molecule has 6 nitrogen and oxygen atoms in total. The summed E-state index contributed by atoms with van der Waals surface area (Å²) < 4.78 is 13.1. The maximum absolute atomic E-state index is 12.5. The summed E-state index contributed by atoms with van der Waals surface area (Å²) in [6.07, 6.45) is 4.82. The lowest BCUT2D eigenvalue weighted by Gasteiger charge is -2.18. The summed E-state index contributed by atoms with van der Waals surface area (Å²) in [4.78, 5) is 21.8. The van der Waals surface area contributed by atoms with Crippen molar-refractivity contribution in [1.29, 1.82) is 0 Å². The van der Waals surface area contributed by atoms with Crippen LogP contribution in [0.3, 0.4) is 0 Å². The topological polar surface area (TPSA) is 66.2 Å². The van der Waals surface area contributed by atoms with Crippen LogP contribution in [0.15, 0.2) is 12.3 Å². The second-order valence-electron chi connectivity index (χ2n) is 8.73. The summed E-state index contributed by atoms with van der Waals surface area (Å²) in [6.45, 7) is 14.2. The van der Waals surface area contributed by atoms with Gasteiger partial charge in [-0.2, -0.15) is 0 Å². The zero-order valence-corrected chi connectivity index (χ0v) is 20.0. The number of rotatable bonds is 10. The molecule has 0 unspecified atom stereocenters. The Morgan fingerprint density at radius 1 is 1.24 bits per heavy atom. The minimum atomic E-state index is -1.16. The van der Waals surface area contributed by atoms with Crippen LogP contribution < -0.4 is 0 Å². The average molecular weight is 418 g/mol. The van der Waals surface area contributed by atoms with Crippen molar-refractivity contribution in [2.75, 3.05) is 13.7 Å². The van der Waals surface area contributed by atoms with Crippen molar-refractivity contribution in [1.82, 2.24) is 14.5 Å². The standard InChI is InChI=1S/C22H35N3O3Si/c1-8-9-10-19-23-14-18(25(19)15-28-11-12-29(5,6)7)21-20(22(26)27-4)16(2)13-17(3)24-21/h13-14H,8-12,15H2,1-7H3. The summed E-state index contributed by atoms with van der Waals surface area (Å²) in [7, 11) is 0.239. The highest BCUT2D eigenvalue weighted by Gasteiger charge is 2.23. The van der Waals surface area contributed by atoms with Gasteiger partial charge in [0.25, 0.3) is 0 Å². The number of pyridine rings is 1. The van der Waals surface area contributed by atoms with E-state index >= 15 is 0 Å². The van der Waals surface area contributed by atoms with Gasteiger partial charge in [0.1, 0.15) is 18.2 Å². The molecule has 0 saturated carbocycles. The lowest BCUT2D eigenvalue weighted by molar-refractivity contribution is 0.0599. The number of imidazole rings is 1. The van der Waals surface area contributed by atoms with E-state index in [1.807, 2.05) is 19.9 Å². The molecule has 0 bridgehead atoms. The van der Waals surface area contributed by atoms with Gasteiger partial charge in [-0.3, -0.25) is 4.98 Å². The van der Waals surface area contributed by atoms with Crippen LogP contribution in [0.2, 0.25) is 25.7 Å². The molecule has 0 atom stereocenters. The number of esters is 1. The Kier molecular flexibility index (Phi) is 8.16. The largest absolute Gasteiger partial charge is 0.465 e. The van der Waals surface area contributed by atoms with Crippen molar-refractivity contribution in [2.45, 2.75) is 72.4 Å². The van der Waals surface area contributed by atoms with Gasteiger partial charge in [0.2, 0.25) is 0 Å². The van der Waals surface area contributed by atoms with Crippen LogP contribution >= 0.6 is 0 Å². The van der Waals surface area contributed by atoms with Crippen molar-refractivity contribution in [2.24, 2.45) is 0 Å². The number of carbonyl (C=O) groups is 1. The molecule has 0 aliphatic carbocycles. The third-order valence-electron chi connectivity index (χ3n) is 4.89. The fourth-order valence-corrected chi connectivity index (χ4v) is 3.95. The number of unbranched alkanes of at least 4 members (excludes halogenated alkanes) is 1. The van der Waals surface area contributed by atoms with E-state index in [9.17, 15) is 4.79 Å².